The Morgan fingerprint density at radius 1 is 1.18 bits per heavy atom. The fourth-order valence-corrected chi connectivity index (χ4v) is 4.59. The third-order valence-electron chi connectivity index (χ3n) is 6.57. The standard InChI is InChI=1S/C26H30F4N6O3/c1-14(16-10-18(38-5)12-19(11-16)39-25(27)28)23(37)36-9-8-17(13-36)32-21-7-6-20(15(2)31-21)22-33-24(26(3,29)30)35(4)34-22/h6-7,10-12,14,17,25H,8-9,13H2,1-5H3,(H,31,32)/t14-,17+/m1/s1. The van der Waals surface area contributed by atoms with E-state index in [9.17, 15) is 22.4 Å². The predicted octanol–water partition coefficient (Wildman–Crippen LogP) is 4.72. The molecule has 1 aliphatic rings. The predicted molar refractivity (Wildman–Crippen MR) is 135 cm³/mol. The molecule has 39 heavy (non-hydrogen) atoms. The summed E-state index contributed by atoms with van der Waals surface area (Å²) in [7, 11) is 2.82. The molecule has 210 valence electrons. The van der Waals surface area contributed by atoms with Crippen LogP contribution in [0.25, 0.3) is 11.4 Å². The van der Waals surface area contributed by atoms with E-state index in [1.807, 2.05) is 0 Å². The molecule has 1 saturated heterocycles. The van der Waals surface area contributed by atoms with Crippen molar-refractivity contribution in [1.82, 2.24) is 24.6 Å². The molecule has 1 amide bonds. The van der Waals surface area contributed by atoms with Crippen molar-refractivity contribution in [2.45, 2.75) is 51.7 Å². The Morgan fingerprint density at radius 3 is 2.51 bits per heavy atom. The molecule has 0 radical (unpaired) electrons. The molecule has 3 aromatic rings. The lowest BCUT2D eigenvalue weighted by Gasteiger charge is -2.22. The van der Waals surface area contributed by atoms with Crippen LogP contribution in [-0.4, -0.2) is 63.4 Å². The van der Waals surface area contributed by atoms with Crippen molar-refractivity contribution in [3.05, 3.63) is 47.4 Å². The van der Waals surface area contributed by atoms with Crippen LogP contribution in [-0.2, 0) is 17.8 Å². The summed E-state index contributed by atoms with van der Waals surface area (Å²) in [4.78, 5) is 23.5. The summed E-state index contributed by atoms with van der Waals surface area (Å²) in [6.07, 6.45) is 0.676. The second-order valence-corrected chi connectivity index (χ2v) is 9.56. The highest BCUT2D eigenvalue weighted by atomic mass is 19.3. The van der Waals surface area contributed by atoms with Crippen LogP contribution in [0.2, 0.25) is 0 Å². The smallest absolute Gasteiger partial charge is 0.387 e. The van der Waals surface area contributed by atoms with Gasteiger partial charge in [0, 0.05) is 44.7 Å². The number of hydrogen-bond acceptors (Lipinski definition) is 7. The van der Waals surface area contributed by atoms with Gasteiger partial charge in [0.15, 0.2) is 11.6 Å². The van der Waals surface area contributed by atoms with Gasteiger partial charge in [0.1, 0.15) is 17.3 Å². The van der Waals surface area contributed by atoms with E-state index in [0.29, 0.717) is 47.9 Å². The number of rotatable bonds is 9. The molecule has 2 aromatic heterocycles. The highest BCUT2D eigenvalue weighted by Crippen LogP contribution is 2.31. The van der Waals surface area contributed by atoms with Crippen LogP contribution in [0.4, 0.5) is 23.4 Å². The van der Waals surface area contributed by atoms with Gasteiger partial charge in [0.05, 0.1) is 18.7 Å². The van der Waals surface area contributed by atoms with Crippen LogP contribution in [0.3, 0.4) is 0 Å². The molecule has 0 saturated carbocycles. The van der Waals surface area contributed by atoms with Crippen LogP contribution < -0.4 is 14.8 Å². The molecule has 0 unspecified atom stereocenters. The molecule has 3 heterocycles. The van der Waals surface area contributed by atoms with E-state index in [4.69, 9.17) is 4.74 Å². The SMILES string of the molecule is COc1cc(OC(F)F)cc([C@@H](C)C(=O)N2CC[C@H](Nc3ccc(-c4nc(C(C)(F)F)n(C)n4)c(C)n3)C2)c1. The molecular weight excluding hydrogens is 520 g/mol. The summed E-state index contributed by atoms with van der Waals surface area (Å²) in [5.74, 6) is -3.35. The second kappa shape index (κ2) is 11.1. The van der Waals surface area contributed by atoms with E-state index in [1.165, 1.54) is 26.3 Å². The largest absolute Gasteiger partial charge is 0.497 e. The molecule has 0 spiro atoms. The number of nitrogens with one attached hydrogen (secondary N) is 1. The summed E-state index contributed by atoms with van der Waals surface area (Å²) in [5.41, 5.74) is 1.61. The van der Waals surface area contributed by atoms with Crippen molar-refractivity contribution < 1.29 is 31.8 Å². The Balaban J connectivity index is 1.42. The molecule has 0 bridgehead atoms. The average molecular weight is 551 g/mol. The number of methoxy groups -OCH3 is 1. The third kappa shape index (κ3) is 6.40. The maximum Gasteiger partial charge on any atom is 0.387 e. The van der Waals surface area contributed by atoms with Gasteiger partial charge in [-0.15, -0.1) is 0 Å². The average Bonchev–Trinajstić information content (AvgIpc) is 3.49. The first-order valence-electron chi connectivity index (χ1n) is 12.3. The number of hydrogen-bond donors (Lipinski definition) is 1. The van der Waals surface area contributed by atoms with Gasteiger partial charge in [-0.3, -0.25) is 4.79 Å². The number of anilines is 1. The minimum atomic E-state index is -3.12. The summed E-state index contributed by atoms with van der Waals surface area (Å²) in [6.45, 7) is 2.16. The lowest BCUT2D eigenvalue weighted by molar-refractivity contribution is -0.131. The molecular formula is C26H30F4N6O3. The molecule has 1 aliphatic heterocycles. The summed E-state index contributed by atoms with van der Waals surface area (Å²) in [5, 5.41) is 7.43. The number of nitrogens with zero attached hydrogens (tertiary/aromatic N) is 5. The Morgan fingerprint density at radius 2 is 1.90 bits per heavy atom. The van der Waals surface area contributed by atoms with E-state index >= 15 is 0 Å². The van der Waals surface area contributed by atoms with Crippen LogP contribution in [0.5, 0.6) is 11.5 Å². The molecule has 4 rings (SSSR count). The fraction of sp³-hybridized carbons (Fsp3) is 0.462. The number of aromatic nitrogens is 4. The number of benzene rings is 1. The molecule has 1 aromatic carbocycles. The first-order valence-corrected chi connectivity index (χ1v) is 12.3. The third-order valence-corrected chi connectivity index (χ3v) is 6.57. The molecule has 1 N–H and O–H groups in total. The van der Waals surface area contributed by atoms with Gasteiger partial charge < -0.3 is 19.7 Å². The lowest BCUT2D eigenvalue weighted by Crippen LogP contribution is -2.34. The van der Waals surface area contributed by atoms with Gasteiger partial charge >= 0.3 is 12.5 Å². The van der Waals surface area contributed by atoms with Gasteiger partial charge in [-0.2, -0.15) is 22.7 Å². The zero-order valence-electron chi connectivity index (χ0n) is 22.2. The van der Waals surface area contributed by atoms with Crippen molar-refractivity contribution in [1.29, 1.82) is 0 Å². The Kier molecular flexibility index (Phi) is 7.98. The van der Waals surface area contributed by atoms with Gasteiger partial charge in [0.25, 0.3) is 0 Å². The number of carbonyl (C=O) groups excluding carboxylic acids is 1. The highest BCUT2D eigenvalue weighted by Gasteiger charge is 2.32. The Hall–Kier alpha value is -3.90. The van der Waals surface area contributed by atoms with Crippen LogP contribution >= 0.6 is 0 Å². The number of amides is 1. The minimum absolute atomic E-state index is 0.0692. The monoisotopic (exact) mass is 550 g/mol. The maximum atomic E-state index is 13.8. The minimum Gasteiger partial charge on any atom is -0.497 e. The number of carbonyl (C=O) groups is 1. The topological polar surface area (TPSA) is 94.4 Å². The fourth-order valence-electron chi connectivity index (χ4n) is 4.59. The van der Waals surface area contributed by atoms with Crippen molar-refractivity contribution in [3.63, 3.8) is 0 Å². The molecule has 13 heteroatoms. The zero-order chi connectivity index (χ0) is 28.5. The lowest BCUT2D eigenvalue weighted by atomic mass is 9.99. The first-order chi connectivity index (χ1) is 18.3. The number of pyridine rings is 1. The highest BCUT2D eigenvalue weighted by molar-refractivity contribution is 5.84. The Bertz CT molecular complexity index is 1340. The van der Waals surface area contributed by atoms with Gasteiger partial charge in [0.2, 0.25) is 5.91 Å². The van der Waals surface area contributed by atoms with Crippen molar-refractivity contribution in [2.75, 3.05) is 25.5 Å². The quantitative estimate of drug-likeness (QED) is 0.385. The van der Waals surface area contributed by atoms with E-state index in [0.717, 1.165) is 11.6 Å². The summed E-state index contributed by atoms with van der Waals surface area (Å²) in [6, 6.07) is 7.75. The molecule has 0 aliphatic carbocycles. The zero-order valence-corrected chi connectivity index (χ0v) is 22.2. The maximum absolute atomic E-state index is 13.8. The van der Waals surface area contributed by atoms with Gasteiger partial charge in [-0.25, -0.2) is 14.6 Å². The van der Waals surface area contributed by atoms with Crippen LogP contribution in [0.15, 0.2) is 30.3 Å². The van der Waals surface area contributed by atoms with Crippen molar-refractivity contribution in [3.8, 4) is 22.9 Å². The molecule has 9 nitrogen and oxygen atoms in total. The van der Waals surface area contributed by atoms with E-state index < -0.39 is 24.3 Å². The van der Waals surface area contributed by atoms with Gasteiger partial charge in [-0.05, 0) is 50.1 Å². The number of halogens is 4. The second-order valence-electron chi connectivity index (χ2n) is 9.56. The number of likely N-dealkylation sites (tertiary alicyclic amines) is 1. The first kappa shape index (κ1) is 28.1. The van der Waals surface area contributed by atoms with Crippen molar-refractivity contribution in [2.24, 2.45) is 7.05 Å². The number of ether oxygens (including phenoxy) is 2. The number of alkyl halides is 4. The van der Waals surface area contributed by atoms with Gasteiger partial charge in [-0.1, -0.05) is 0 Å². The Labute approximate surface area is 223 Å². The van der Waals surface area contributed by atoms with Crippen LogP contribution in [0, 0.1) is 6.92 Å². The van der Waals surface area contributed by atoms with E-state index in [-0.39, 0.29) is 23.5 Å². The molecule has 1 fully saturated rings. The summed E-state index contributed by atoms with van der Waals surface area (Å²) >= 11 is 0. The molecule has 2 atom stereocenters. The van der Waals surface area contributed by atoms with E-state index in [1.54, 1.807) is 36.9 Å². The van der Waals surface area contributed by atoms with E-state index in [2.05, 4.69) is 25.1 Å². The van der Waals surface area contributed by atoms with Crippen molar-refractivity contribution >= 4 is 11.7 Å². The number of aryl methyl sites for hydroxylation is 2. The van der Waals surface area contributed by atoms with Crippen LogP contribution in [0.1, 0.15) is 43.3 Å². The normalized spacial score (nSPS) is 16.5. The summed E-state index contributed by atoms with van der Waals surface area (Å²) < 4.78 is 63.7.